The second-order valence-corrected chi connectivity index (χ2v) is 11.3. The van der Waals surface area contributed by atoms with Crippen molar-refractivity contribution in [3.63, 3.8) is 0 Å². The molecule has 1 heterocycles. The van der Waals surface area contributed by atoms with Gasteiger partial charge in [-0.05, 0) is 72.9 Å². The summed E-state index contributed by atoms with van der Waals surface area (Å²) >= 11 is 6.11. The number of rotatable bonds is 13. The smallest absolute Gasteiger partial charge is 0.231 e. The van der Waals surface area contributed by atoms with E-state index in [1.165, 1.54) is 0 Å². The fourth-order valence-electron chi connectivity index (χ4n) is 5.58. The number of nitrogens with two attached hydrogens (primary N) is 1. The Kier molecular flexibility index (Phi) is 9.77. The number of halogens is 1. The first-order valence-corrected chi connectivity index (χ1v) is 14.7. The molecule has 222 valence electrons. The number of amides is 1. The molecule has 0 radical (unpaired) electrons. The van der Waals surface area contributed by atoms with Gasteiger partial charge >= 0.3 is 0 Å². The van der Waals surface area contributed by atoms with Gasteiger partial charge in [0.05, 0.1) is 12.3 Å². The van der Waals surface area contributed by atoms with Gasteiger partial charge in [-0.25, -0.2) is 0 Å². The van der Waals surface area contributed by atoms with E-state index in [1.807, 2.05) is 97.9 Å². The summed E-state index contributed by atoms with van der Waals surface area (Å²) in [6.07, 6.45) is 3.68. The average molecular weight is 598 g/mol. The van der Waals surface area contributed by atoms with Gasteiger partial charge in [0.2, 0.25) is 5.91 Å². The monoisotopic (exact) mass is 597 g/mol. The molecule has 0 saturated carbocycles. The number of fused-ring (bicyclic) bond motifs is 1. The largest absolute Gasteiger partial charge is 0.511 e. The fraction of sp³-hybridized carbons (Fsp3) is 0.257. The maximum atomic E-state index is 12.9. The van der Waals surface area contributed by atoms with Crippen LogP contribution in [0.5, 0.6) is 5.75 Å². The van der Waals surface area contributed by atoms with E-state index in [0.29, 0.717) is 37.0 Å². The Morgan fingerprint density at radius 3 is 2.49 bits per heavy atom. The number of hydrogen-bond acceptors (Lipinski definition) is 6. The molecule has 0 bridgehead atoms. The third-order valence-corrected chi connectivity index (χ3v) is 8.05. The molecule has 3 aromatic carbocycles. The molecule has 1 amide bonds. The number of aromatic nitrogens is 1. The molecule has 5 rings (SSSR count). The van der Waals surface area contributed by atoms with Gasteiger partial charge in [0.25, 0.3) is 0 Å². The Balaban J connectivity index is 1.23. The Hall–Kier alpha value is -4.17. The van der Waals surface area contributed by atoms with E-state index in [2.05, 4.69) is 10.3 Å². The van der Waals surface area contributed by atoms with Gasteiger partial charge in [0.15, 0.2) is 0 Å². The van der Waals surface area contributed by atoms with Crippen molar-refractivity contribution in [3.8, 4) is 5.75 Å². The van der Waals surface area contributed by atoms with Crippen molar-refractivity contribution >= 4 is 23.6 Å². The summed E-state index contributed by atoms with van der Waals surface area (Å²) in [5, 5.41) is 15.4. The van der Waals surface area contributed by atoms with E-state index in [0.717, 1.165) is 27.9 Å². The molecule has 0 fully saturated rings. The van der Waals surface area contributed by atoms with E-state index in [9.17, 15) is 9.90 Å². The van der Waals surface area contributed by atoms with E-state index in [1.54, 1.807) is 12.3 Å². The summed E-state index contributed by atoms with van der Waals surface area (Å²) in [4.78, 5) is 17.2. The minimum atomic E-state index is -1.24. The molecule has 0 spiro atoms. The zero-order chi connectivity index (χ0) is 30.2. The van der Waals surface area contributed by atoms with Crippen molar-refractivity contribution in [2.24, 2.45) is 11.1 Å². The number of aliphatic hydroxyl groups is 1. The molecule has 7 nitrogen and oxygen atoms in total. The van der Waals surface area contributed by atoms with Crippen LogP contribution in [0.2, 0.25) is 5.02 Å². The first-order valence-electron chi connectivity index (χ1n) is 14.4. The molecule has 3 unspecified atom stereocenters. The molecule has 1 aromatic heterocycles. The predicted molar refractivity (Wildman–Crippen MR) is 169 cm³/mol. The van der Waals surface area contributed by atoms with Gasteiger partial charge in [0.1, 0.15) is 29.6 Å². The summed E-state index contributed by atoms with van der Waals surface area (Å²) in [7, 11) is 0. The third kappa shape index (κ3) is 7.25. The van der Waals surface area contributed by atoms with E-state index >= 15 is 0 Å². The number of benzene rings is 3. The van der Waals surface area contributed by atoms with Crippen LogP contribution in [0.25, 0.3) is 6.08 Å². The highest BCUT2D eigenvalue weighted by Gasteiger charge is 2.45. The molecule has 0 aliphatic heterocycles. The van der Waals surface area contributed by atoms with Crippen LogP contribution < -0.4 is 15.8 Å². The maximum Gasteiger partial charge on any atom is 0.231 e. The molecule has 1 aliphatic carbocycles. The molecular weight excluding hydrogens is 562 g/mol. The Labute approximate surface area is 257 Å². The van der Waals surface area contributed by atoms with Crippen molar-refractivity contribution < 1.29 is 19.4 Å². The summed E-state index contributed by atoms with van der Waals surface area (Å²) in [6, 6.07) is 28.9. The van der Waals surface area contributed by atoms with Crippen LogP contribution in [-0.2, 0) is 22.6 Å². The lowest BCUT2D eigenvalue weighted by Crippen LogP contribution is -2.47. The number of pyridine rings is 1. The second-order valence-electron chi connectivity index (χ2n) is 10.9. The van der Waals surface area contributed by atoms with Crippen molar-refractivity contribution in [1.82, 2.24) is 10.3 Å². The van der Waals surface area contributed by atoms with Crippen LogP contribution in [0.1, 0.15) is 47.4 Å². The van der Waals surface area contributed by atoms with Crippen molar-refractivity contribution in [3.05, 3.63) is 136 Å². The highest BCUT2D eigenvalue weighted by molar-refractivity contribution is 6.30. The molecular formula is C35H36ClN3O4. The highest BCUT2D eigenvalue weighted by atomic mass is 35.5. The summed E-state index contributed by atoms with van der Waals surface area (Å²) in [6.45, 7) is 3.24. The molecule has 0 saturated heterocycles. The molecule has 3 atom stereocenters. The number of carbonyl (C=O) groups excluding carboxylic acids is 1. The van der Waals surface area contributed by atoms with Gasteiger partial charge in [-0.15, -0.1) is 0 Å². The Morgan fingerprint density at radius 1 is 1.02 bits per heavy atom. The number of primary amides is 1. The zero-order valence-corrected chi connectivity index (χ0v) is 24.8. The fourth-order valence-corrected chi connectivity index (χ4v) is 5.70. The number of ether oxygens (including phenoxy) is 2. The number of hydrogen-bond donors (Lipinski definition) is 3. The Bertz CT molecular complexity index is 1550. The molecule has 8 heteroatoms. The highest BCUT2D eigenvalue weighted by Crippen LogP contribution is 2.43. The standard InChI is InChI=1S/C35H36ClN3O4/c1-24(38-18-19-42-33(25-8-3-2-4-9-25)26-13-15-28(36)16-14-26)21-35(34(37)41)22-27-10-7-12-31(30(27)20-32(35)40)43-23-29-11-5-6-17-39-29/h2-17,20,24,33,38,40H,18-19,21-23H2,1H3,(H2,37,41). The minimum absolute atomic E-state index is 0.0573. The van der Waals surface area contributed by atoms with Crippen molar-refractivity contribution in [1.29, 1.82) is 0 Å². The van der Waals surface area contributed by atoms with Crippen LogP contribution in [-0.4, -0.2) is 35.2 Å². The normalized spacial score (nSPS) is 17.4. The van der Waals surface area contributed by atoms with Gasteiger partial charge in [-0.2, -0.15) is 0 Å². The number of nitrogens with zero attached hydrogens (tertiary/aromatic N) is 1. The van der Waals surface area contributed by atoms with Crippen LogP contribution in [0.4, 0.5) is 0 Å². The van der Waals surface area contributed by atoms with Crippen LogP contribution in [0, 0.1) is 5.41 Å². The lowest BCUT2D eigenvalue weighted by molar-refractivity contribution is -0.127. The number of nitrogens with one attached hydrogen (secondary N) is 1. The topological polar surface area (TPSA) is 107 Å². The number of aliphatic hydroxyl groups excluding tert-OH is 1. The third-order valence-electron chi connectivity index (χ3n) is 7.80. The molecule has 4 aromatic rings. The zero-order valence-electron chi connectivity index (χ0n) is 24.1. The molecule has 4 N–H and O–H groups in total. The Morgan fingerprint density at radius 2 is 1.77 bits per heavy atom. The van der Waals surface area contributed by atoms with Crippen LogP contribution in [0.15, 0.2) is 103 Å². The summed E-state index contributed by atoms with van der Waals surface area (Å²) in [5.74, 6) is -0.00796. The molecule has 43 heavy (non-hydrogen) atoms. The first kappa shape index (κ1) is 30.3. The van der Waals surface area contributed by atoms with E-state index < -0.39 is 11.3 Å². The number of carbonyl (C=O) groups is 1. The lowest BCUT2D eigenvalue weighted by Gasteiger charge is -2.36. The maximum absolute atomic E-state index is 12.9. The second kappa shape index (κ2) is 13.9. The van der Waals surface area contributed by atoms with E-state index in [-0.39, 0.29) is 24.3 Å². The lowest BCUT2D eigenvalue weighted by atomic mass is 9.70. The van der Waals surface area contributed by atoms with E-state index in [4.69, 9.17) is 26.8 Å². The van der Waals surface area contributed by atoms with Crippen molar-refractivity contribution in [2.45, 2.75) is 38.5 Å². The van der Waals surface area contributed by atoms with Gasteiger partial charge < -0.3 is 25.6 Å². The van der Waals surface area contributed by atoms with Crippen LogP contribution >= 0.6 is 11.6 Å². The van der Waals surface area contributed by atoms with Gasteiger partial charge in [0, 0.05) is 29.4 Å². The minimum Gasteiger partial charge on any atom is -0.511 e. The summed E-state index contributed by atoms with van der Waals surface area (Å²) < 4.78 is 12.4. The van der Waals surface area contributed by atoms with Crippen LogP contribution in [0.3, 0.4) is 0 Å². The SMILES string of the molecule is CC(CC1(C(N)=O)Cc2cccc(OCc3ccccn3)c2C=C1O)NCCOC(c1ccccc1)c1ccc(Cl)cc1. The molecule has 1 aliphatic rings. The quantitative estimate of drug-likeness (QED) is 0.154. The van der Waals surface area contributed by atoms with Crippen molar-refractivity contribution in [2.75, 3.05) is 13.2 Å². The van der Waals surface area contributed by atoms with Gasteiger partial charge in [-0.1, -0.05) is 72.3 Å². The average Bonchev–Trinajstić information content (AvgIpc) is 3.02. The first-order chi connectivity index (χ1) is 20.9. The predicted octanol–water partition coefficient (Wildman–Crippen LogP) is 6.42. The van der Waals surface area contributed by atoms with Gasteiger partial charge in [-0.3, -0.25) is 9.78 Å². The summed E-state index contributed by atoms with van der Waals surface area (Å²) in [5.41, 5.74) is 9.21.